The maximum Gasteiger partial charge on any atom is 0.310 e. The average molecular weight is 290 g/mol. The number of aromatic nitrogens is 2. The number of rotatable bonds is 6. The first-order chi connectivity index (χ1) is 10.1. The molecule has 1 aromatic carbocycles. The van der Waals surface area contributed by atoms with Crippen LogP contribution in [0.2, 0.25) is 0 Å². The normalized spacial score (nSPS) is 10.1. The molecule has 0 aliphatic carbocycles. The fourth-order valence-electron chi connectivity index (χ4n) is 1.66. The topological polar surface area (TPSA) is 110 Å². The highest BCUT2D eigenvalue weighted by Crippen LogP contribution is 2.25. The lowest BCUT2D eigenvalue weighted by atomic mass is 10.3. The minimum atomic E-state index is -0.561. The Morgan fingerprint density at radius 3 is 2.90 bits per heavy atom. The molecular formula is C13H14N4O4. The van der Waals surface area contributed by atoms with Crippen LogP contribution >= 0.6 is 0 Å². The predicted octanol–water partition coefficient (Wildman–Crippen LogP) is 1.90. The minimum Gasteiger partial charge on any atom is -0.477 e. The first-order valence-electron chi connectivity index (χ1n) is 6.30. The Bertz CT molecular complexity index is 653. The van der Waals surface area contributed by atoms with E-state index in [1.54, 1.807) is 12.1 Å². The molecule has 0 aliphatic heterocycles. The van der Waals surface area contributed by atoms with E-state index in [0.717, 1.165) is 12.1 Å². The molecule has 0 saturated heterocycles. The van der Waals surface area contributed by atoms with Crippen molar-refractivity contribution in [3.63, 3.8) is 0 Å². The SMILES string of the molecule is CCc1cc(NC(=O)COc2ccccc2[N+](=O)[O-])n[nH]1. The number of amides is 1. The number of carbonyl (C=O) groups excluding carboxylic acids is 1. The van der Waals surface area contributed by atoms with Gasteiger partial charge < -0.3 is 10.1 Å². The van der Waals surface area contributed by atoms with Crippen LogP contribution in [0.25, 0.3) is 0 Å². The molecule has 0 saturated carbocycles. The first-order valence-corrected chi connectivity index (χ1v) is 6.30. The summed E-state index contributed by atoms with van der Waals surface area (Å²) in [6, 6.07) is 7.59. The van der Waals surface area contributed by atoms with Gasteiger partial charge in [-0.05, 0) is 12.5 Å². The van der Waals surface area contributed by atoms with Gasteiger partial charge in [-0.15, -0.1) is 0 Å². The van der Waals surface area contributed by atoms with Crippen LogP contribution in [0.5, 0.6) is 5.75 Å². The summed E-state index contributed by atoms with van der Waals surface area (Å²) in [4.78, 5) is 21.9. The molecule has 0 spiro atoms. The summed E-state index contributed by atoms with van der Waals surface area (Å²) in [5.74, 6) is -0.000703. The number of hydrogen-bond donors (Lipinski definition) is 2. The van der Waals surface area contributed by atoms with Crippen molar-refractivity contribution < 1.29 is 14.5 Å². The van der Waals surface area contributed by atoms with E-state index in [2.05, 4.69) is 15.5 Å². The largest absolute Gasteiger partial charge is 0.477 e. The second-order valence-electron chi connectivity index (χ2n) is 4.19. The molecule has 1 heterocycles. The molecule has 2 aromatic rings. The third kappa shape index (κ3) is 3.78. The Morgan fingerprint density at radius 1 is 1.48 bits per heavy atom. The number of nitrogens with one attached hydrogen (secondary N) is 2. The first kappa shape index (κ1) is 14.5. The quantitative estimate of drug-likeness (QED) is 0.623. The van der Waals surface area contributed by atoms with Crippen molar-refractivity contribution >= 4 is 17.4 Å². The van der Waals surface area contributed by atoms with E-state index in [1.807, 2.05) is 6.92 Å². The van der Waals surface area contributed by atoms with Crippen LogP contribution in [0.3, 0.4) is 0 Å². The Balaban J connectivity index is 1.94. The van der Waals surface area contributed by atoms with Gasteiger partial charge in [0.05, 0.1) is 4.92 Å². The van der Waals surface area contributed by atoms with Crippen LogP contribution < -0.4 is 10.1 Å². The number of H-pyrrole nitrogens is 1. The number of ether oxygens (including phenoxy) is 1. The van der Waals surface area contributed by atoms with Crippen molar-refractivity contribution in [3.8, 4) is 5.75 Å². The van der Waals surface area contributed by atoms with Gasteiger partial charge in [0.2, 0.25) is 0 Å². The van der Waals surface area contributed by atoms with Gasteiger partial charge in [-0.2, -0.15) is 5.10 Å². The number of aromatic amines is 1. The van der Waals surface area contributed by atoms with Crippen molar-refractivity contribution in [3.05, 3.63) is 46.1 Å². The average Bonchev–Trinajstić information content (AvgIpc) is 2.93. The van der Waals surface area contributed by atoms with E-state index >= 15 is 0 Å². The third-order valence-corrected chi connectivity index (χ3v) is 2.70. The number of anilines is 1. The van der Waals surface area contributed by atoms with Crippen LogP contribution in [0.1, 0.15) is 12.6 Å². The standard InChI is InChI=1S/C13H14N4O4/c1-2-9-7-12(16-15-9)14-13(18)8-21-11-6-4-3-5-10(11)17(19)20/h3-7H,2,8H2,1H3,(H2,14,15,16,18). The summed E-state index contributed by atoms with van der Waals surface area (Å²) < 4.78 is 5.17. The van der Waals surface area contributed by atoms with Crippen LogP contribution in [0.15, 0.2) is 30.3 Å². The van der Waals surface area contributed by atoms with Crippen molar-refractivity contribution in [2.24, 2.45) is 0 Å². The number of nitrogens with zero attached hydrogens (tertiary/aromatic N) is 2. The Morgan fingerprint density at radius 2 is 2.24 bits per heavy atom. The lowest BCUT2D eigenvalue weighted by Crippen LogP contribution is -2.20. The van der Waals surface area contributed by atoms with Crippen LogP contribution in [-0.2, 0) is 11.2 Å². The summed E-state index contributed by atoms with van der Waals surface area (Å²) in [6.45, 7) is 1.62. The number of nitro groups is 1. The van der Waals surface area contributed by atoms with Gasteiger partial charge in [0.1, 0.15) is 0 Å². The second-order valence-corrected chi connectivity index (χ2v) is 4.19. The molecule has 8 nitrogen and oxygen atoms in total. The molecule has 1 amide bonds. The number of para-hydroxylation sites is 2. The van der Waals surface area contributed by atoms with Gasteiger partial charge in [-0.25, -0.2) is 0 Å². The molecule has 0 aliphatic rings. The van der Waals surface area contributed by atoms with Crippen molar-refractivity contribution in [2.45, 2.75) is 13.3 Å². The molecule has 1 aromatic heterocycles. The van der Waals surface area contributed by atoms with Crippen molar-refractivity contribution in [1.82, 2.24) is 10.2 Å². The monoisotopic (exact) mass is 290 g/mol. The van der Waals surface area contributed by atoms with Gasteiger partial charge in [0.15, 0.2) is 18.2 Å². The van der Waals surface area contributed by atoms with Crippen molar-refractivity contribution in [1.29, 1.82) is 0 Å². The van der Waals surface area contributed by atoms with Gasteiger partial charge in [-0.1, -0.05) is 19.1 Å². The van der Waals surface area contributed by atoms with Gasteiger partial charge >= 0.3 is 5.69 Å². The van der Waals surface area contributed by atoms with E-state index in [4.69, 9.17) is 4.74 Å². The van der Waals surface area contributed by atoms with E-state index in [0.29, 0.717) is 5.82 Å². The van der Waals surface area contributed by atoms with Crippen LogP contribution in [0, 0.1) is 10.1 Å². The summed E-state index contributed by atoms with van der Waals surface area (Å²) in [6.07, 6.45) is 0.773. The molecule has 21 heavy (non-hydrogen) atoms. The molecule has 8 heteroatoms. The van der Waals surface area contributed by atoms with E-state index in [1.165, 1.54) is 18.2 Å². The summed E-state index contributed by atoms with van der Waals surface area (Å²) >= 11 is 0. The molecule has 2 rings (SSSR count). The van der Waals surface area contributed by atoms with E-state index in [-0.39, 0.29) is 18.0 Å². The molecule has 0 atom stereocenters. The van der Waals surface area contributed by atoms with Crippen molar-refractivity contribution in [2.75, 3.05) is 11.9 Å². The van der Waals surface area contributed by atoms with Crippen LogP contribution in [-0.4, -0.2) is 27.6 Å². The highest BCUT2D eigenvalue weighted by Gasteiger charge is 2.15. The third-order valence-electron chi connectivity index (χ3n) is 2.70. The summed E-state index contributed by atoms with van der Waals surface area (Å²) in [7, 11) is 0. The molecule has 0 bridgehead atoms. The summed E-state index contributed by atoms with van der Waals surface area (Å²) in [5, 5.41) is 20.0. The molecule has 0 radical (unpaired) electrons. The number of benzene rings is 1. The second kappa shape index (κ2) is 6.51. The minimum absolute atomic E-state index is 0.0499. The lowest BCUT2D eigenvalue weighted by Gasteiger charge is -2.06. The molecule has 0 fully saturated rings. The predicted molar refractivity (Wildman–Crippen MR) is 75.2 cm³/mol. The number of aryl methyl sites for hydroxylation is 1. The Hall–Kier alpha value is -2.90. The molecule has 0 unspecified atom stereocenters. The number of nitro benzene ring substituents is 1. The number of hydrogen-bond acceptors (Lipinski definition) is 5. The molecule has 110 valence electrons. The Kier molecular flexibility index (Phi) is 4.50. The Labute approximate surface area is 120 Å². The maximum absolute atomic E-state index is 11.7. The van der Waals surface area contributed by atoms with Gasteiger partial charge in [0.25, 0.3) is 5.91 Å². The van der Waals surface area contributed by atoms with Crippen LogP contribution in [0.4, 0.5) is 11.5 Å². The zero-order valence-corrected chi connectivity index (χ0v) is 11.3. The summed E-state index contributed by atoms with van der Waals surface area (Å²) in [5.41, 5.74) is 0.711. The lowest BCUT2D eigenvalue weighted by molar-refractivity contribution is -0.385. The zero-order valence-electron chi connectivity index (χ0n) is 11.3. The highest BCUT2D eigenvalue weighted by molar-refractivity contribution is 5.91. The van der Waals surface area contributed by atoms with E-state index < -0.39 is 10.8 Å². The fraction of sp³-hybridized carbons (Fsp3) is 0.231. The molecular weight excluding hydrogens is 276 g/mol. The molecule has 2 N–H and O–H groups in total. The highest BCUT2D eigenvalue weighted by atomic mass is 16.6. The van der Waals surface area contributed by atoms with Gasteiger partial charge in [0, 0.05) is 17.8 Å². The number of carbonyl (C=O) groups is 1. The van der Waals surface area contributed by atoms with Gasteiger partial charge in [-0.3, -0.25) is 20.0 Å². The maximum atomic E-state index is 11.7. The zero-order chi connectivity index (χ0) is 15.2. The van der Waals surface area contributed by atoms with E-state index in [9.17, 15) is 14.9 Å². The fourth-order valence-corrected chi connectivity index (χ4v) is 1.66. The smallest absolute Gasteiger partial charge is 0.310 e.